The molecule has 24 heavy (non-hydrogen) atoms. The summed E-state index contributed by atoms with van der Waals surface area (Å²) in [6.07, 6.45) is 0.969. The molecular formula is C17H26N4O3. The summed E-state index contributed by atoms with van der Waals surface area (Å²) in [4.78, 5) is 28.1. The number of fused-ring (bicyclic) bond motifs is 1. The Morgan fingerprint density at radius 1 is 1.29 bits per heavy atom. The average molecular weight is 334 g/mol. The number of rotatable bonds is 4. The molecule has 2 fully saturated rings. The highest BCUT2D eigenvalue weighted by Crippen LogP contribution is 2.31. The number of carbonyl (C=O) groups is 2. The molecule has 2 aliphatic rings. The number of amides is 2. The molecule has 0 radical (unpaired) electrons. The third-order valence-corrected chi connectivity index (χ3v) is 5.63. The molecule has 3 rings (SSSR count). The van der Waals surface area contributed by atoms with Gasteiger partial charge in [0.2, 0.25) is 5.91 Å². The molecule has 0 spiro atoms. The van der Waals surface area contributed by atoms with Gasteiger partial charge >= 0.3 is 6.09 Å². The first-order valence-electron chi connectivity index (χ1n) is 8.61. The largest absolute Gasteiger partial charge is 0.447 e. The van der Waals surface area contributed by atoms with E-state index in [0.29, 0.717) is 39.2 Å². The van der Waals surface area contributed by atoms with Crippen molar-refractivity contribution in [3.8, 4) is 0 Å². The van der Waals surface area contributed by atoms with E-state index in [2.05, 4.69) is 12.0 Å². The highest BCUT2D eigenvalue weighted by atomic mass is 16.6. The third-order valence-electron chi connectivity index (χ3n) is 5.63. The number of carbonyl (C=O) groups excluding carboxylic acids is 2. The van der Waals surface area contributed by atoms with Gasteiger partial charge in [-0.05, 0) is 32.8 Å². The van der Waals surface area contributed by atoms with Crippen LogP contribution in [0.25, 0.3) is 0 Å². The fraction of sp³-hybridized carbons (Fsp3) is 0.706. The maximum absolute atomic E-state index is 12.6. The summed E-state index contributed by atoms with van der Waals surface area (Å²) in [6, 6.07) is 0. The van der Waals surface area contributed by atoms with E-state index < -0.39 is 0 Å². The maximum Gasteiger partial charge on any atom is 0.410 e. The van der Waals surface area contributed by atoms with Crippen LogP contribution in [-0.4, -0.2) is 63.4 Å². The van der Waals surface area contributed by atoms with Crippen molar-refractivity contribution in [3.63, 3.8) is 0 Å². The zero-order valence-corrected chi connectivity index (χ0v) is 15.0. The second-order valence-corrected chi connectivity index (χ2v) is 6.87. The first-order valence-corrected chi connectivity index (χ1v) is 8.61. The molecule has 1 aromatic rings. The van der Waals surface area contributed by atoms with Crippen LogP contribution < -0.4 is 0 Å². The fourth-order valence-corrected chi connectivity index (χ4v) is 3.64. The van der Waals surface area contributed by atoms with E-state index in [0.717, 1.165) is 17.8 Å². The standard InChI is InChI=1S/C17H26N4O3/c1-5-17-10-19(8-9-20(17)16(23)24-11-17)15(22)6-7-21-14(4)12(2)13(3)18-21/h5-11H2,1-4H3. The van der Waals surface area contributed by atoms with Crippen molar-refractivity contribution in [2.24, 2.45) is 0 Å². The topological polar surface area (TPSA) is 67.7 Å². The molecule has 2 aliphatic heterocycles. The Kier molecular flexibility index (Phi) is 4.27. The molecule has 3 heterocycles. The summed E-state index contributed by atoms with van der Waals surface area (Å²) in [5.74, 6) is 0.118. The Hall–Kier alpha value is -2.05. The van der Waals surface area contributed by atoms with Gasteiger partial charge in [0, 0.05) is 38.3 Å². The quantitative estimate of drug-likeness (QED) is 0.839. The molecule has 2 saturated heterocycles. The highest BCUT2D eigenvalue weighted by molar-refractivity contribution is 5.77. The molecule has 1 aromatic heterocycles. The number of aryl methyl sites for hydroxylation is 2. The molecule has 132 valence electrons. The van der Waals surface area contributed by atoms with Crippen LogP contribution in [0.3, 0.4) is 0 Å². The van der Waals surface area contributed by atoms with Gasteiger partial charge in [-0.1, -0.05) is 6.92 Å². The minimum absolute atomic E-state index is 0.118. The van der Waals surface area contributed by atoms with Gasteiger partial charge in [0.05, 0.1) is 11.2 Å². The second kappa shape index (κ2) is 6.11. The van der Waals surface area contributed by atoms with Gasteiger partial charge < -0.3 is 9.64 Å². The summed E-state index contributed by atoms with van der Waals surface area (Å²) < 4.78 is 7.13. The van der Waals surface area contributed by atoms with Crippen molar-refractivity contribution in [2.45, 2.75) is 52.6 Å². The number of nitrogens with zero attached hydrogens (tertiary/aromatic N) is 4. The summed E-state index contributed by atoms with van der Waals surface area (Å²) >= 11 is 0. The van der Waals surface area contributed by atoms with Gasteiger partial charge in [-0.15, -0.1) is 0 Å². The Balaban J connectivity index is 1.63. The number of piperazine rings is 1. The predicted molar refractivity (Wildman–Crippen MR) is 88.7 cm³/mol. The van der Waals surface area contributed by atoms with Crippen molar-refractivity contribution in [1.82, 2.24) is 19.6 Å². The molecule has 1 atom stereocenters. The molecule has 7 heteroatoms. The molecule has 7 nitrogen and oxygen atoms in total. The van der Waals surface area contributed by atoms with Gasteiger partial charge in [0.15, 0.2) is 0 Å². The fourth-order valence-electron chi connectivity index (χ4n) is 3.64. The minimum atomic E-state index is -0.347. The first-order chi connectivity index (χ1) is 11.4. The molecular weight excluding hydrogens is 308 g/mol. The van der Waals surface area contributed by atoms with E-state index >= 15 is 0 Å². The van der Waals surface area contributed by atoms with E-state index in [9.17, 15) is 9.59 Å². The number of hydrogen-bond donors (Lipinski definition) is 0. The maximum atomic E-state index is 12.6. The van der Waals surface area contributed by atoms with Crippen LogP contribution in [0.15, 0.2) is 0 Å². The highest BCUT2D eigenvalue weighted by Gasteiger charge is 2.50. The van der Waals surface area contributed by atoms with Crippen molar-refractivity contribution in [1.29, 1.82) is 0 Å². The Morgan fingerprint density at radius 2 is 2.04 bits per heavy atom. The number of cyclic esters (lactones) is 1. The van der Waals surface area contributed by atoms with Gasteiger partial charge in [-0.25, -0.2) is 4.79 Å². The predicted octanol–water partition coefficient (Wildman–Crippen LogP) is 1.64. The van der Waals surface area contributed by atoms with Gasteiger partial charge in [0.25, 0.3) is 0 Å². The van der Waals surface area contributed by atoms with E-state index in [1.165, 1.54) is 5.56 Å². The van der Waals surface area contributed by atoms with Gasteiger partial charge in [-0.2, -0.15) is 5.10 Å². The van der Waals surface area contributed by atoms with Crippen LogP contribution >= 0.6 is 0 Å². The summed E-state index contributed by atoms with van der Waals surface area (Å²) in [7, 11) is 0. The number of ether oxygens (including phenoxy) is 1. The summed E-state index contributed by atoms with van der Waals surface area (Å²) in [5, 5.41) is 4.49. The molecule has 2 amide bonds. The zero-order valence-electron chi connectivity index (χ0n) is 15.0. The first kappa shape index (κ1) is 16.8. The lowest BCUT2D eigenvalue weighted by Gasteiger charge is -2.44. The third kappa shape index (κ3) is 2.65. The van der Waals surface area contributed by atoms with Crippen molar-refractivity contribution in [2.75, 3.05) is 26.2 Å². The monoisotopic (exact) mass is 334 g/mol. The normalized spacial score (nSPS) is 23.4. The van der Waals surface area contributed by atoms with Crippen LogP contribution in [-0.2, 0) is 16.1 Å². The molecule has 0 aromatic carbocycles. The van der Waals surface area contributed by atoms with Crippen molar-refractivity contribution < 1.29 is 14.3 Å². The molecule has 1 unspecified atom stereocenters. The second-order valence-electron chi connectivity index (χ2n) is 6.87. The Morgan fingerprint density at radius 3 is 2.67 bits per heavy atom. The lowest BCUT2D eigenvalue weighted by atomic mass is 9.93. The van der Waals surface area contributed by atoms with Crippen LogP contribution in [0, 0.1) is 20.8 Å². The van der Waals surface area contributed by atoms with E-state index in [4.69, 9.17) is 4.74 Å². The van der Waals surface area contributed by atoms with Crippen LogP contribution in [0.2, 0.25) is 0 Å². The van der Waals surface area contributed by atoms with E-state index in [1.54, 1.807) is 4.90 Å². The smallest absolute Gasteiger partial charge is 0.410 e. The summed E-state index contributed by atoms with van der Waals surface area (Å²) in [6.45, 7) is 10.8. The summed E-state index contributed by atoms with van der Waals surface area (Å²) in [5.41, 5.74) is 2.97. The molecule has 0 saturated carbocycles. The lowest BCUT2D eigenvalue weighted by molar-refractivity contribution is -0.135. The molecule has 0 N–H and O–H groups in total. The molecule has 0 bridgehead atoms. The minimum Gasteiger partial charge on any atom is -0.447 e. The number of hydrogen-bond acceptors (Lipinski definition) is 4. The van der Waals surface area contributed by atoms with Crippen molar-refractivity contribution >= 4 is 12.0 Å². The number of aromatic nitrogens is 2. The van der Waals surface area contributed by atoms with Gasteiger partial charge in [0.1, 0.15) is 6.61 Å². The van der Waals surface area contributed by atoms with Crippen LogP contribution in [0.4, 0.5) is 4.79 Å². The van der Waals surface area contributed by atoms with Crippen molar-refractivity contribution in [3.05, 3.63) is 17.0 Å². The lowest BCUT2D eigenvalue weighted by Crippen LogP contribution is -2.62. The van der Waals surface area contributed by atoms with E-state index in [1.807, 2.05) is 30.4 Å². The average Bonchev–Trinajstić information content (AvgIpc) is 3.05. The van der Waals surface area contributed by atoms with Crippen LogP contribution in [0.5, 0.6) is 0 Å². The Labute approximate surface area is 142 Å². The van der Waals surface area contributed by atoms with Gasteiger partial charge in [-0.3, -0.25) is 14.4 Å². The van der Waals surface area contributed by atoms with E-state index in [-0.39, 0.29) is 17.5 Å². The molecule has 0 aliphatic carbocycles. The van der Waals surface area contributed by atoms with Crippen LogP contribution in [0.1, 0.15) is 36.7 Å². The SMILES string of the molecule is CCC12COC(=O)N1CCN(C(=O)CCn1nc(C)c(C)c1C)C2. The Bertz CT molecular complexity index is 669. The zero-order chi connectivity index (χ0) is 17.5.